The van der Waals surface area contributed by atoms with E-state index in [-0.39, 0.29) is 30.7 Å². The van der Waals surface area contributed by atoms with Gasteiger partial charge in [-0.1, -0.05) is 38.3 Å². The number of carbonyl (C=O) groups is 7. The molecule has 4 atom stereocenters. The fraction of sp³-hybridized carbons (Fsp3) is 0.333. The smallest absolute Gasteiger partial charge is 0.271 e. The third-order valence-electron chi connectivity index (χ3n) is 9.89. The molecule has 0 radical (unpaired) electrons. The monoisotopic (exact) mass is 854 g/mol. The van der Waals surface area contributed by atoms with Gasteiger partial charge >= 0.3 is 0 Å². The number of aromatic nitrogens is 3. The fourth-order valence-electron chi connectivity index (χ4n) is 6.74. The van der Waals surface area contributed by atoms with E-state index in [0.29, 0.717) is 38.5 Å². The molecule has 18 nitrogen and oxygen atoms in total. The third kappa shape index (κ3) is 11.0. The molecule has 0 fully saturated rings. The molecule has 0 saturated heterocycles. The van der Waals surface area contributed by atoms with Crippen molar-refractivity contribution in [3.05, 3.63) is 94.0 Å². The molecule has 322 valence electrons. The van der Waals surface area contributed by atoms with E-state index in [1.807, 2.05) is 25.1 Å². The number of rotatable bonds is 8. The van der Waals surface area contributed by atoms with Crippen molar-refractivity contribution in [2.75, 3.05) is 27.2 Å². The first-order valence-corrected chi connectivity index (χ1v) is 20.3. The van der Waals surface area contributed by atoms with Gasteiger partial charge in [-0.15, -0.1) is 11.3 Å². The van der Waals surface area contributed by atoms with E-state index in [0.717, 1.165) is 21.8 Å². The second kappa shape index (κ2) is 20.3. The summed E-state index contributed by atoms with van der Waals surface area (Å²) in [6.45, 7) is 11.6. The molecular weight excluding hydrogens is 805 g/mol. The van der Waals surface area contributed by atoms with Crippen molar-refractivity contribution in [1.29, 1.82) is 0 Å². The summed E-state index contributed by atoms with van der Waals surface area (Å²) in [7, 11) is 2.86. The minimum absolute atomic E-state index is 0.0260. The van der Waals surface area contributed by atoms with E-state index < -0.39 is 78.6 Å². The molecule has 0 aliphatic carbocycles. The molecule has 5 rings (SSSR count). The van der Waals surface area contributed by atoms with Crippen LogP contribution in [0.1, 0.15) is 71.1 Å². The first-order valence-electron chi connectivity index (χ1n) is 19.4. The molecule has 2 bridgehead atoms. The van der Waals surface area contributed by atoms with E-state index in [9.17, 15) is 33.6 Å². The number of aromatic amines is 2. The van der Waals surface area contributed by atoms with Gasteiger partial charge in [-0.3, -0.25) is 33.6 Å². The maximum absolute atomic E-state index is 14.5. The predicted octanol–water partition coefficient (Wildman–Crippen LogP) is 2.00. The van der Waals surface area contributed by atoms with E-state index in [4.69, 9.17) is 4.74 Å². The minimum atomic E-state index is -1.30. The molecule has 3 aromatic heterocycles. The van der Waals surface area contributed by atoms with Crippen molar-refractivity contribution < 1.29 is 38.3 Å². The van der Waals surface area contributed by atoms with Gasteiger partial charge in [-0.2, -0.15) is 0 Å². The van der Waals surface area contributed by atoms with Gasteiger partial charge in [0.05, 0.1) is 31.9 Å². The summed E-state index contributed by atoms with van der Waals surface area (Å²) in [6.07, 6.45) is 8.70. The van der Waals surface area contributed by atoms with Gasteiger partial charge in [0.2, 0.25) is 29.5 Å². The zero-order chi connectivity index (χ0) is 44.4. The topological polar surface area (TPSA) is 249 Å². The van der Waals surface area contributed by atoms with Gasteiger partial charge in [0.15, 0.2) is 0 Å². The van der Waals surface area contributed by atoms with Crippen LogP contribution in [0.25, 0.3) is 23.1 Å². The van der Waals surface area contributed by atoms with Crippen LogP contribution in [0.3, 0.4) is 0 Å². The zero-order valence-corrected chi connectivity index (χ0v) is 35.3. The molecule has 19 heteroatoms. The molecule has 1 aromatic carbocycles. The Labute approximate surface area is 356 Å². The maximum atomic E-state index is 14.5. The van der Waals surface area contributed by atoms with Crippen molar-refractivity contribution in [3.63, 3.8) is 0 Å². The first kappa shape index (κ1) is 45.1. The first-order chi connectivity index (χ1) is 29.2. The average molecular weight is 855 g/mol. The standard InChI is InChI=1S/C42H50N10O8S/c1-8-12-26-24(17-43-27(26)9-2)15-31-39(57)49-30(16-25-18-44-29-13-11-14-33(60-7)36(25)29)37(55)45-19-34(53)48-28(10-3)38(56)47-23(5)42(59)52(6)20-35(54)46-22(4)41-51-32(21-61-41)40(58)50-31/h8-9,11-14,17-18,21-22,28,30-31,43-44H,2,5,10,15-16,19-20H2,1,3-4,6-7H3,(H,45,55)(H,46,54)(H,47,56)(H,48,53)(H,49,57)(H,50,58)/b12-8-/t22?,28-,30+,31+/m1/s1. The molecule has 0 spiro atoms. The van der Waals surface area contributed by atoms with Crippen LogP contribution >= 0.6 is 11.3 Å². The van der Waals surface area contributed by atoms with Crippen LogP contribution in [0.2, 0.25) is 0 Å². The number of benzene rings is 1. The third-order valence-corrected chi connectivity index (χ3v) is 10.9. The van der Waals surface area contributed by atoms with Crippen LogP contribution in [0.5, 0.6) is 5.75 Å². The Hall–Kier alpha value is -7.02. The van der Waals surface area contributed by atoms with E-state index >= 15 is 0 Å². The quantitative estimate of drug-likeness (QED) is 0.121. The normalized spacial score (nSPS) is 20.6. The maximum Gasteiger partial charge on any atom is 0.271 e. The Balaban J connectivity index is 1.53. The summed E-state index contributed by atoms with van der Waals surface area (Å²) >= 11 is 1.10. The molecule has 4 heterocycles. The van der Waals surface area contributed by atoms with Crippen molar-refractivity contribution in [3.8, 4) is 5.75 Å². The molecule has 7 amide bonds. The Morgan fingerprint density at radius 2 is 1.64 bits per heavy atom. The number of hydrogen-bond acceptors (Lipinski definition) is 10. The number of nitrogens with one attached hydrogen (secondary N) is 8. The van der Waals surface area contributed by atoms with E-state index in [1.54, 1.807) is 44.4 Å². The number of carbonyl (C=O) groups excluding carboxylic acids is 7. The molecular formula is C42H50N10O8S. The van der Waals surface area contributed by atoms with Crippen LogP contribution in [-0.4, -0.2) is 107 Å². The van der Waals surface area contributed by atoms with Gasteiger partial charge < -0.3 is 51.5 Å². The Bertz CT molecular complexity index is 2380. The molecule has 8 N–H and O–H groups in total. The summed E-state index contributed by atoms with van der Waals surface area (Å²) in [4.78, 5) is 107. The lowest BCUT2D eigenvalue weighted by atomic mass is 10.00. The van der Waals surface area contributed by atoms with E-state index in [1.165, 1.54) is 19.5 Å². The highest BCUT2D eigenvalue weighted by molar-refractivity contribution is 7.09. The fourth-order valence-corrected chi connectivity index (χ4v) is 7.55. The average Bonchev–Trinajstić information content (AvgIpc) is 4.00. The number of hydrogen-bond donors (Lipinski definition) is 8. The largest absolute Gasteiger partial charge is 0.496 e. The highest BCUT2D eigenvalue weighted by Crippen LogP contribution is 2.29. The predicted molar refractivity (Wildman–Crippen MR) is 230 cm³/mol. The molecule has 0 saturated carbocycles. The van der Waals surface area contributed by atoms with Gasteiger partial charge in [-0.05, 0) is 49.6 Å². The summed E-state index contributed by atoms with van der Waals surface area (Å²) in [5, 5.41) is 18.4. The number of likely N-dealkylation sites (N-methyl/N-ethyl adjacent to an activating group) is 1. The van der Waals surface area contributed by atoms with Crippen LogP contribution < -0.4 is 36.6 Å². The van der Waals surface area contributed by atoms with Crippen molar-refractivity contribution in [2.45, 2.75) is 64.2 Å². The van der Waals surface area contributed by atoms with Crippen LogP contribution in [0, 0.1) is 0 Å². The number of nitrogens with zero attached hydrogens (tertiary/aromatic N) is 2. The molecule has 4 aromatic rings. The molecule has 61 heavy (non-hydrogen) atoms. The van der Waals surface area contributed by atoms with Gasteiger partial charge in [0, 0.05) is 59.8 Å². The minimum Gasteiger partial charge on any atom is -0.496 e. The lowest BCUT2D eigenvalue weighted by Gasteiger charge is -2.24. The molecule has 1 aliphatic rings. The lowest BCUT2D eigenvalue weighted by molar-refractivity contribution is -0.134. The van der Waals surface area contributed by atoms with Crippen LogP contribution in [0.15, 0.2) is 60.9 Å². The SMILES string of the molecule is C=Cc1[nH]cc(C[C@@H]2NC(=O)c3csc(n3)C(C)NC(=O)CN(C)C(=O)C(=C)NC(=O)[C@@H](CC)NC(=O)CNC(=O)[C@H](Cc3c[nH]c4cccc(OC)c34)NC2=O)c1/C=C\C. The second-order valence-electron chi connectivity index (χ2n) is 14.3. The second-order valence-corrected chi connectivity index (χ2v) is 15.2. The van der Waals surface area contributed by atoms with E-state index in [2.05, 4.69) is 60.0 Å². The number of fused-ring (bicyclic) bond motifs is 3. The number of amides is 7. The molecule has 1 aliphatic heterocycles. The zero-order valence-electron chi connectivity index (χ0n) is 34.5. The van der Waals surface area contributed by atoms with Crippen molar-refractivity contribution in [2.24, 2.45) is 0 Å². The summed E-state index contributed by atoms with van der Waals surface area (Å²) in [6, 6.07) is 1.01. The van der Waals surface area contributed by atoms with Gasteiger partial charge in [0.25, 0.3) is 11.8 Å². The van der Waals surface area contributed by atoms with Gasteiger partial charge in [-0.25, -0.2) is 4.98 Å². The van der Waals surface area contributed by atoms with Crippen molar-refractivity contribution in [1.82, 2.24) is 51.8 Å². The number of H-pyrrole nitrogens is 2. The highest BCUT2D eigenvalue weighted by Gasteiger charge is 2.31. The summed E-state index contributed by atoms with van der Waals surface area (Å²) in [5.74, 6) is -4.42. The Kier molecular flexibility index (Phi) is 15.0. The van der Waals surface area contributed by atoms with Crippen molar-refractivity contribution >= 4 is 75.7 Å². The van der Waals surface area contributed by atoms with Crippen LogP contribution in [0.4, 0.5) is 0 Å². The molecule has 1 unspecified atom stereocenters. The summed E-state index contributed by atoms with van der Waals surface area (Å²) < 4.78 is 5.60. The number of allylic oxidation sites excluding steroid dienone is 1. The Morgan fingerprint density at radius 1 is 0.918 bits per heavy atom. The lowest BCUT2D eigenvalue weighted by Crippen LogP contribution is -2.56. The number of methoxy groups -OCH3 is 1. The number of ether oxygens (including phenoxy) is 1. The number of thiazole rings is 1. The highest BCUT2D eigenvalue weighted by atomic mass is 32.1. The van der Waals surface area contributed by atoms with Gasteiger partial charge in [0.1, 0.15) is 34.6 Å². The van der Waals surface area contributed by atoms with Crippen LogP contribution in [-0.2, 0) is 41.6 Å². The summed E-state index contributed by atoms with van der Waals surface area (Å²) in [5.41, 5.74) is 3.07. The Morgan fingerprint density at radius 3 is 2.34 bits per heavy atom.